The SMILES string of the molecule is Cc1c(Br)ccc(N(N)CCCO)c1N. The maximum atomic E-state index is 8.71. The van der Waals surface area contributed by atoms with Gasteiger partial charge < -0.3 is 15.8 Å². The fourth-order valence-electron chi connectivity index (χ4n) is 1.30. The van der Waals surface area contributed by atoms with Gasteiger partial charge in [0.15, 0.2) is 0 Å². The van der Waals surface area contributed by atoms with Crippen molar-refractivity contribution in [3.8, 4) is 0 Å². The lowest BCUT2D eigenvalue weighted by molar-refractivity contribution is 0.289. The number of hydrogen-bond donors (Lipinski definition) is 3. The first-order chi connectivity index (χ1) is 7.07. The normalized spacial score (nSPS) is 10.4. The highest BCUT2D eigenvalue weighted by atomic mass is 79.9. The van der Waals surface area contributed by atoms with Crippen LogP contribution < -0.4 is 16.6 Å². The smallest absolute Gasteiger partial charge is 0.0750 e. The molecule has 0 saturated heterocycles. The molecule has 0 bridgehead atoms. The van der Waals surface area contributed by atoms with Crippen molar-refractivity contribution in [3.63, 3.8) is 0 Å². The molecule has 0 aromatic heterocycles. The van der Waals surface area contributed by atoms with Gasteiger partial charge in [-0.25, -0.2) is 5.84 Å². The Labute approximate surface area is 98.0 Å². The van der Waals surface area contributed by atoms with E-state index in [4.69, 9.17) is 16.7 Å². The Morgan fingerprint density at radius 2 is 2.13 bits per heavy atom. The molecular formula is C10H16BrN3O. The van der Waals surface area contributed by atoms with Gasteiger partial charge in [0.1, 0.15) is 0 Å². The van der Waals surface area contributed by atoms with Crippen LogP contribution in [-0.2, 0) is 0 Å². The third kappa shape index (κ3) is 2.84. The molecule has 4 nitrogen and oxygen atoms in total. The highest BCUT2D eigenvalue weighted by Crippen LogP contribution is 2.30. The predicted molar refractivity (Wildman–Crippen MR) is 66.5 cm³/mol. The first-order valence-corrected chi connectivity index (χ1v) is 5.55. The van der Waals surface area contributed by atoms with E-state index in [0.717, 1.165) is 15.7 Å². The summed E-state index contributed by atoms with van der Waals surface area (Å²) in [5, 5.41) is 10.3. The molecule has 0 atom stereocenters. The summed E-state index contributed by atoms with van der Waals surface area (Å²) in [4.78, 5) is 0. The van der Waals surface area contributed by atoms with Gasteiger partial charge in [-0.05, 0) is 31.0 Å². The summed E-state index contributed by atoms with van der Waals surface area (Å²) in [5.74, 6) is 5.83. The zero-order chi connectivity index (χ0) is 11.4. The van der Waals surface area contributed by atoms with Crippen LogP contribution >= 0.6 is 15.9 Å². The zero-order valence-electron chi connectivity index (χ0n) is 8.70. The van der Waals surface area contributed by atoms with Crippen LogP contribution in [0.15, 0.2) is 16.6 Å². The van der Waals surface area contributed by atoms with E-state index in [1.807, 2.05) is 19.1 Å². The maximum absolute atomic E-state index is 8.71. The molecule has 5 heteroatoms. The first-order valence-electron chi connectivity index (χ1n) is 4.75. The summed E-state index contributed by atoms with van der Waals surface area (Å²) >= 11 is 3.40. The topological polar surface area (TPSA) is 75.5 Å². The van der Waals surface area contributed by atoms with Gasteiger partial charge in [0, 0.05) is 17.6 Å². The quantitative estimate of drug-likeness (QED) is 0.441. The van der Waals surface area contributed by atoms with Gasteiger partial charge in [0.25, 0.3) is 0 Å². The number of anilines is 2. The van der Waals surface area contributed by atoms with Gasteiger partial charge in [-0.2, -0.15) is 0 Å². The number of aliphatic hydroxyl groups is 1. The standard InChI is InChI=1S/C10H16BrN3O/c1-7-8(11)3-4-9(10(7)12)14(13)5-2-6-15/h3-4,15H,2,5-6,12-13H2,1H3. The largest absolute Gasteiger partial charge is 0.397 e. The molecule has 0 aliphatic carbocycles. The molecule has 5 N–H and O–H groups in total. The van der Waals surface area contributed by atoms with Gasteiger partial charge in [-0.3, -0.25) is 0 Å². The summed E-state index contributed by atoms with van der Waals surface area (Å²) < 4.78 is 0.972. The molecule has 0 saturated carbocycles. The summed E-state index contributed by atoms with van der Waals surface area (Å²) in [6.45, 7) is 2.65. The van der Waals surface area contributed by atoms with E-state index in [1.54, 1.807) is 5.01 Å². The fourth-order valence-corrected chi connectivity index (χ4v) is 1.65. The molecular weight excluding hydrogens is 258 g/mol. The second-order valence-corrected chi connectivity index (χ2v) is 4.23. The summed E-state index contributed by atoms with van der Waals surface area (Å²) in [6.07, 6.45) is 0.630. The van der Waals surface area contributed by atoms with Crippen molar-refractivity contribution in [1.29, 1.82) is 0 Å². The van der Waals surface area contributed by atoms with E-state index in [9.17, 15) is 0 Å². The number of aliphatic hydroxyl groups excluding tert-OH is 1. The van der Waals surface area contributed by atoms with Crippen molar-refractivity contribution in [1.82, 2.24) is 0 Å². The molecule has 0 unspecified atom stereocenters. The second-order valence-electron chi connectivity index (χ2n) is 3.38. The molecule has 0 spiro atoms. The summed E-state index contributed by atoms with van der Waals surface area (Å²) in [7, 11) is 0. The number of benzene rings is 1. The molecule has 0 radical (unpaired) electrons. The second kappa shape index (κ2) is 5.34. The van der Waals surface area contributed by atoms with Crippen LogP contribution in [0.1, 0.15) is 12.0 Å². The van der Waals surface area contributed by atoms with Crippen LogP contribution in [0.5, 0.6) is 0 Å². The Bertz CT molecular complexity index is 344. The fraction of sp³-hybridized carbons (Fsp3) is 0.400. The van der Waals surface area contributed by atoms with Crippen molar-refractivity contribution in [2.24, 2.45) is 5.84 Å². The molecule has 0 aliphatic heterocycles. The highest BCUT2D eigenvalue weighted by molar-refractivity contribution is 9.10. The Kier molecular flexibility index (Phi) is 4.38. The number of hydrazine groups is 1. The van der Waals surface area contributed by atoms with Crippen LogP contribution in [0.4, 0.5) is 11.4 Å². The molecule has 1 rings (SSSR count). The van der Waals surface area contributed by atoms with Gasteiger partial charge in [0.2, 0.25) is 0 Å². The molecule has 15 heavy (non-hydrogen) atoms. The lowest BCUT2D eigenvalue weighted by atomic mass is 10.1. The van der Waals surface area contributed by atoms with Crippen LogP contribution in [0.3, 0.4) is 0 Å². The molecule has 84 valence electrons. The number of nitrogens with two attached hydrogens (primary N) is 2. The minimum absolute atomic E-state index is 0.128. The van der Waals surface area contributed by atoms with Crippen LogP contribution in [0.25, 0.3) is 0 Å². The predicted octanol–water partition coefficient (Wildman–Crippen LogP) is 1.40. The van der Waals surface area contributed by atoms with Gasteiger partial charge >= 0.3 is 0 Å². The Morgan fingerprint density at radius 1 is 1.47 bits per heavy atom. The zero-order valence-corrected chi connectivity index (χ0v) is 10.3. The number of rotatable bonds is 4. The number of halogens is 1. The first kappa shape index (κ1) is 12.3. The van der Waals surface area contributed by atoms with E-state index in [2.05, 4.69) is 15.9 Å². The number of hydrogen-bond acceptors (Lipinski definition) is 4. The molecule has 0 fully saturated rings. The minimum atomic E-state index is 0.128. The van der Waals surface area contributed by atoms with Crippen molar-refractivity contribution in [3.05, 3.63) is 22.2 Å². The third-order valence-corrected chi connectivity index (χ3v) is 3.15. The molecule has 1 aromatic carbocycles. The highest BCUT2D eigenvalue weighted by Gasteiger charge is 2.09. The van der Waals surface area contributed by atoms with Crippen LogP contribution in [-0.4, -0.2) is 18.3 Å². The van der Waals surface area contributed by atoms with E-state index in [1.165, 1.54) is 0 Å². The number of nitrogens with zero attached hydrogens (tertiary/aromatic N) is 1. The summed E-state index contributed by atoms with van der Waals surface area (Å²) in [5.41, 5.74) is 8.39. The Balaban J connectivity index is 2.90. The van der Waals surface area contributed by atoms with Crippen LogP contribution in [0, 0.1) is 6.92 Å². The van der Waals surface area contributed by atoms with E-state index in [0.29, 0.717) is 18.7 Å². The molecule has 0 aliphatic rings. The maximum Gasteiger partial charge on any atom is 0.0750 e. The van der Waals surface area contributed by atoms with E-state index < -0.39 is 0 Å². The van der Waals surface area contributed by atoms with Crippen molar-refractivity contribution < 1.29 is 5.11 Å². The van der Waals surface area contributed by atoms with Gasteiger partial charge in [0.05, 0.1) is 11.4 Å². The molecule has 0 amide bonds. The van der Waals surface area contributed by atoms with E-state index >= 15 is 0 Å². The van der Waals surface area contributed by atoms with Crippen molar-refractivity contribution >= 4 is 27.3 Å². The average Bonchev–Trinajstić information content (AvgIpc) is 2.23. The van der Waals surface area contributed by atoms with Crippen molar-refractivity contribution in [2.75, 3.05) is 23.9 Å². The monoisotopic (exact) mass is 273 g/mol. The van der Waals surface area contributed by atoms with Gasteiger partial charge in [-0.15, -0.1) is 0 Å². The number of nitrogen functional groups attached to an aromatic ring is 1. The summed E-state index contributed by atoms with van der Waals surface area (Å²) in [6, 6.07) is 3.78. The third-order valence-electron chi connectivity index (χ3n) is 2.29. The minimum Gasteiger partial charge on any atom is -0.397 e. The van der Waals surface area contributed by atoms with Crippen molar-refractivity contribution in [2.45, 2.75) is 13.3 Å². The average molecular weight is 274 g/mol. The molecule has 0 heterocycles. The Hall–Kier alpha value is -0.780. The van der Waals surface area contributed by atoms with Gasteiger partial charge in [-0.1, -0.05) is 15.9 Å². The van der Waals surface area contributed by atoms with E-state index in [-0.39, 0.29) is 6.61 Å². The lowest BCUT2D eigenvalue weighted by Crippen LogP contribution is -2.33. The molecule has 1 aromatic rings. The lowest BCUT2D eigenvalue weighted by Gasteiger charge is -2.21. The Morgan fingerprint density at radius 3 is 2.73 bits per heavy atom. The van der Waals surface area contributed by atoms with Crippen LogP contribution in [0.2, 0.25) is 0 Å².